The Morgan fingerprint density at radius 2 is 2.05 bits per heavy atom. The zero-order chi connectivity index (χ0) is 16.2. The molecule has 0 saturated heterocycles. The van der Waals surface area contributed by atoms with Gasteiger partial charge in [-0.25, -0.2) is 13.2 Å². The van der Waals surface area contributed by atoms with E-state index in [9.17, 15) is 13.2 Å². The molecule has 0 aromatic carbocycles. The highest BCUT2D eigenvalue weighted by Crippen LogP contribution is 2.18. The van der Waals surface area contributed by atoms with Gasteiger partial charge in [0, 0.05) is 12.4 Å². The van der Waals surface area contributed by atoms with E-state index in [1.165, 1.54) is 29.9 Å². The van der Waals surface area contributed by atoms with Gasteiger partial charge < -0.3 is 4.74 Å². The fourth-order valence-corrected chi connectivity index (χ4v) is 2.66. The molecule has 0 N–H and O–H groups in total. The Hall–Kier alpha value is -2.48. The number of carbonyl (C=O) groups is 1. The summed E-state index contributed by atoms with van der Waals surface area (Å²) in [6, 6.07) is 6.43. The van der Waals surface area contributed by atoms with Crippen LogP contribution >= 0.6 is 0 Å². The highest BCUT2D eigenvalue weighted by Gasteiger charge is 2.18. The van der Waals surface area contributed by atoms with Crippen LogP contribution in [0.5, 0.6) is 0 Å². The molecule has 0 bridgehead atoms. The van der Waals surface area contributed by atoms with Crippen LogP contribution in [0.15, 0.2) is 42.9 Å². The predicted octanol–water partition coefficient (Wildman–Crippen LogP) is 1.23. The molecule has 2 aromatic rings. The number of hydrogen-bond acceptors (Lipinski definition) is 6. The average Bonchev–Trinajstić information content (AvgIpc) is 2.52. The summed E-state index contributed by atoms with van der Waals surface area (Å²) in [4.78, 5) is 19.4. The van der Waals surface area contributed by atoms with E-state index >= 15 is 0 Å². The van der Waals surface area contributed by atoms with Crippen LogP contribution in [0, 0.1) is 0 Å². The number of anilines is 1. The lowest BCUT2D eigenvalue weighted by atomic mass is 10.2. The fourth-order valence-electron chi connectivity index (χ4n) is 1.81. The third-order valence-electron chi connectivity index (χ3n) is 2.89. The molecule has 0 atom stereocenters. The zero-order valence-electron chi connectivity index (χ0n) is 12.1. The first-order chi connectivity index (χ1) is 10.4. The lowest BCUT2D eigenvalue weighted by Gasteiger charge is -2.21. The Balaban J connectivity index is 2.27. The van der Waals surface area contributed by atoms with Crippen molar-refractivity contribution >= 4 is 21.7 Å². The highest BCUT2D eigenvalue weighted by atomic mass is 32.2. The molecule has 22 heavy (non-hydrogen) atoms. The summed E-state index contributed by atoms with van der Waals surface area (Å²) in [7, 11) is -2.20. The van der Waals surface area contributed by atoms with Gasteiger partial charge in [0.05, 0.1) is 43.1 Å². The van der Waals surface area contributed by atoms with E-state index in [0.29, 0.717) is 16.9 Å². The second-order valence-corrected chi connectivity index (χ2v) is 6.42. The van der Waals surface area contributed by atoms with Crippen LogP contribution in [-0.4, -0.2) is 37.7 Å². The summed E-state index contributed by atoms with van der Waals surface area (Å²) in [6.07, 6.45) is 5.49. The molecule has 7 nitrogen and oxygen atoms in total. The summed E-state index contributed by atoms with van der Waals surface area (Å²) in [5.41, 5.74) is 1.25. The third kappa shape index (κ3) is 3.79. The SMILES string of the molecule is COC(=O)c1ccc(CN(c2cccnc2)S(C)(=O)=O)nc1. The predicted molar refractivity (Wildman–Crippen MR) is 80.8 cm³/mol. The maximum atomic E-state index is 12.0. The second-order valence-electron chi connectivity index (χ2n) is 4.51. The number of sulfonamides is 1. The number of rotatable bonds is 5. The molecule has 0 radical (unpaired) electrons. The Labute approximate surface area is 128 Å². The zero-order valence-corrected chi connectivity index (χ0v) is 12.9. The van der Waals surface area contributed by atoms with E-state index in [0.717, 1.165) is 6.26 Å². The minimum absolute atomic E-state index is 0.0476. The lowest BCUT2D eigenvalue weighted by molar-refractivity contribution is 0.0600. The molecule has 0 fully saturated rings. The van der Waals surface area contributed by atoms with Crippen molar-refractivity contribution in [1.82, 2.24) is 9.97 Å². The monoisotopic (exact) mass is 321 g/mol. The van der Waals surface area contributed by atoms with Crippen molar-refractivity contribution in [1.29, 1.82) is 0 Å². The molecule has 2 aromatic heterocycles. The van der Waals surface area contributed by atoms with E-state index in [4.69, 9.17) is 0 Å². The smallest absolute Gasteiger partial charge is 0.339 e. The number of pyridine rings is 2. The van der Waals surface area contributed by atoms with Crippen molar-refractivity contribution in [3.63, 3.8) is 0 Å². The first kappa shape index (κ1) is 15.9. The molecule has 0 spiro atoms. The molecule has 116 valence electrons. The van der Waals surface area contributed by atoms with Crippen molar-refractivity contribution in [2.75, 3.05) is 17.7 Å². The summed E-state index contributed by atoms with van der Waals surface area (Å²) in [6.45, 7) is 0.0476. The van der Waals surface area contributed by atoms with E-state index in [2.05, 4.69) is 14.7 Å². The topological polar surface area (TPSA) is 89.5 Å². The molecule has 2 rings (SSSR count). The van der Waals surface area contributed by atoms with Crippen LogP contribution in [0.1, 0.15) is 16.1 Å². The summed E-state index contributed by atoms with van der Waals surface area (Å²) in [5, 5.41) is 0. The van der Waals surface area contributed by atoms with E-state index in [1.807, 2.05) is 0 Å². The van der Waals surface area contributed by atoms with E-state index < -0.39 is 16.0 Å². The molecule has 0 aliphatic heterocycles. The minimum Gasteiger partial charge on any atom is -0.465 e. The van der Waals surface area contributed by atoms with Gasteiger partial charge in [-0.15, -0.1) is 0 Å². The van der Waals surface area contributed by atoms with Gasteiger partial charge >= 0.3 is 5.97 Å². The molecule has 8 heteroatoms. The number of aromatic nitrogens is 2. The average molecular weight is 321 g/mol. The van der Waals surface area contributed by atoms with Crippen LogP contribution in [0.2, 0.25) is 0 Å². The van der Waals surface area contributed by atoms with Gasteiger partial charge in [-0.05, 0) is 24.3 Å². The Morgan fingerprint density at radius 1 is 1.27 bits per heavy atom. The summed E-state index contributed by atoms with van der Waals surface area (Å²) >= 11 is 0. The third-order valence-corrected chi connectivity index (χ3v) is 4.03. The lowest BCUT2D eigenvalue weighted by Crippen LogP contribution is -2.29. The number of methoxy groups -OCH3 is 1. The van der Waals surface area contributed by atoms with Crippen molar-refractivity contribution in [3.05, 3.63) is 54.1 Å². The van der Waals surface area contributed by atoms with Crippen molar-refractivity contribution < 1.29 is 17.9 Å². The van der Waals surface area contributed by atoms with Crippen molar-refractivity contribution in [3.8, 4) is 0 Å². The molecule has 0 saturated carbocycles. The van der Waals surface area contributed by atoms with Gasteiger partial charge in [0.15, 0.2) is 0 Å². The van der Waals surface area contributed by atoms with Gasteiger partial charge in [0.1, 0.15) is 0 Å². The Morgan fingerprint density at radius 3 is 2.55 bits per heavy atom. The molecular formula is C14H15N3O4S. The van der Waals surface area contributed by atoms with Gasteiger partial charge in [-0.3, -0.25) is 14.3 Å². The van der Waals surface area contributed by atoms with Gasteiger partial charge in [0.2, 0.25) is 10.0 Å². The molecule has 0 aliphatic carbocycles. The molecule has 0 unspecified atom stereocenters. The number of esters is 1. The van der Waals surface area contributed by atoms with Gasteiger partial charge in [-0.1, -0.05) is 0 Å². The quantitative estimate of drug-likeness (QED) is 0.770. The van der Waals surface area contributed by atoms with Gasteiger partial charge in [-0.2, -0.15) is 0 Å². The van der Waals surface area contributed by atoms with Crippen molar-refractivity contribution in [2.24, 2.45) is 0 Å². The summed E-state index contributed by atoms with van der Waals surface area (Å²) in [5.74, 6) is -0.494. The second kappa shape index (κ2) is 6.52. The minimum atomic E-state index is -3.49. The molecule has 0 amide bonds. The molecule has 0 aliphatic rings. The van der Waals surface area contributed by atoms with Crippen molar-refractivity contribution in [2.45, 2.75) is 6.54 Å². The maximum Gasteiger partial charge on any atom is 0.339 e. The Kier molecular flexibility index (Phi) is 4.71. The first-order valence-corrected chi connectivity index (χ1v) is 8.17. The normalized spacial score (nSPS) is 11.0. The first-order valence-electron chi connectivity index (χ1n) is 6.33. The number of carbonyl (C=O) groups excluding carboxylic acids is 1. The van der Waals surface area contributed by atoms with E-state index in [-0.39, 0.29) is 6.54 Å². The number of nitrogens with zero attached hydrogens (tertiary/aromatic N) is 3. The standard InChI is InChI=1S/C14H15N3O4S/c1-21-14(18)11-5-6-12(16-8-11)10-17(22(2,19)20)13-4-3-7-15-9-13/h3-9H,10H2,1-2H3. The largest absolute Gasteiger partial charge is 0.465 e. The number of hydrogen-bond donors (Lipinski definition) is 0. The molecule has 2 heterocycles. The molecular weight excluding hydrogens is 306 g/mol. The van der Waals surface area contributed by atoms with Gasteiger partial charge in [0.25, 0.3) is 0 Å². The Bertz CT molecular complexity index is 745. The van der Waals surface area contributed by atoms with Crippen LogP contribution in [-0.2, 0) is 21.3 Å². The highest BCUT2D eigenvalue weighted by molar-refractivity contribution is 7.92. The fraction of sp³-hybridized carbons (Fsp3) is 0.214. The van der Waals surface area contributed by atoms with Crippen LogP contribution in [0.25, 0.3) is 0 Å². The van der Waals surface area contributed by atoms with Crippen LogP contribution < -0.4 is 4.31 Å². The number of ether oxygens (including phenoxy) is 1. The van der Waals surface area contributed by atoms with E-state index in [1.54, 1.807) is 24.4 Å². The van der Waals surface area contributed by atoms with Crippen LogP contribution in [0.3, 0.4) is 0 Å². The van der Waals surface area contributed by atoms with Crippen LogP contribution in [0.4, 0.5) is 5.69 Å². The maximum absolute atomic E-state index is 12.0. The summed E-state index contributed by atoms with van der Waals surface area (Å²) < 4.78 is 29.7.